The molecule has 0 aliphatic heterocycles. The molecule has 0 saturated heterocycles. The van der Waals surface area contributed by atoms with Crippen LogP contribution in [-0.2, 0) is 24.2 Å². The Kier molecular flexibility index (Phi) is 4.75. The number of halogens is 2. The molecule has 0 amide bonds. The van der Waals surface area contributed by atoms with E-state index in [0.29, 0.717) is 0 Å². The third kappa shape index (κ3) is 3.40. The number of hydrogen-bond acceptors (Lipinski definition) is 3. The Morgan fingerprint density at radius 3 is 2.53 bits per heavy atom. The average molecular weight is 408 g/mol. The van der Waals surface area contributed by atoms with Crippen LogP contribution in [0.5, 0.6) is 0 Å². The van der Waals surface area contributed by atoms with Crippen molar-refractivity contribution in [2.45, 2.75) is 44.8 Å². The second-order valence-corrected chi connectivity index (χ2v) is 8.99. The van der Waals surface area contributed by atoms with Crippen LogP contribution < -0.4 is 0 Å². The highest BCUT2D eigenvalue weighted by molar-refractivity contribution is 9.11. The lowest BCUT2D eigenvalue weighted by Crippen LogP contribution is -2.25. The van der Waals surface area contributed by atoms with Gasteiger partial charge in [-0.05, 0) is 83.0 Å². The minimum atomic E-state index is -1.26. The first-order chi connectivity index (χ1) is 8.80. The molecule has 6 heteroatoms. The van der Waals surface area contributed by atoms with Gasteiger partial charge in [0.05, 0.1) is 0 Å². The first kappa shape index (κ1) is 15.5. The number of fused-ring (bicyclic) bond motifs is 1. The molecule has 1 aromatic heterocycles. The van der Waals surface area contributed by atoms with E-state index in [4.69, 9.17) is 0 Å². The second kappa shape index (κ2) is 5.84. The fraction of sp³-hybridized carbons (Fsp3) is 0.538. The number of pyridine rings is 1. The molecule has 2 rings (SSSR count). The van der Waals surface area contributed by atoms with Crippen LogP contribution in [0.2, 0.25) is 0 Å². The summed E-state index contributed by atoms with van der Waals surface area (Å²) in [5, 5.41) is 0. The molecule has 0 spiro atoms. The van der Waals surface area contributed by atoms with Crippen molar-refractivity contribution in [1.82, 2.24) is 4.98 Å². The van der Waals surface area contributed by atoms with Crippen LogP contribution in [-0.4, -0.2) is 20.5 Å². The zero-order valence-corrected chi connectivity index (χ0v) is 15.2. The normalized spacial score (nSPS) is 16.9. The minimum absolute atomic E-state index is 0.350. The van der Waals surface area contributed by atoms with E-state index >= 15 is 0 Å². The van der Waals surface area contributed by atoms with Gasteiger partial charge in [-0.2, -0.15) is 0 Å². The highest BCUT2D eigenvalue weighted by Gasteiger charge is 2.26. The van der Waals surface area contributed by atoms with Gasteiger partial charge in [-0.15, -0.1) is 0 Å². The highest BCUT2D eigenvalue weighted by atomic mass is 79.9. The lowest BCUT2D eigenvalue weighted by Gasteiger charge is -2.17. The smallest absolute Gasteiger partial charge is 0.144 e. The maximum absolute atomic E-state index is 11.9. The summed E-state index contributed by atoms with van der Waals surface area (Å²) >= 11 is 5.85. The molecule has 1 atom stereocenters. The van der Waals surface area contributed by atoms with Crippen molar-refractivity contribution >= 4 is 49.4 Å². The van der Waals surface area contributed by atoms with Gasteiger partial charge in [0.1, 0.15) is 32.6 Å². The lowest BCUT2D eigenvalue weighted by atomic mass is 10.1. The maximum atomic E-state index is 11.9. The molecule has 1 aliphatic rings. The van der Waals surface area contributed by atoms with E-state index in [1.807, 2.05) is 20.8 Å². The Labute approximate surface area is 133 Å². The molecule has 0 unspecified atom stereocenters. The predicted molar refractivity (Wildman–Crippen MR) is 87.2 cm³/mol. The largest absolute Gasteiger partial charge is 0.591 e. The molecule has 0 radical (unpaired) electrons. The van der Waals surface area contributed by atoms with Crippen LogP contribution in [0.15, 0.2) is 13.5 Å². The van der Waals surface area contributed by atoms with Crippen LogP contribution in [0, 0.1) is 0 Å². The molecular formula is C13H16Br2N2OS. The van der Waals surface area contributed by atoms with Gasteiger partial charge in [0.2, 0.25) is 0 Å². The molecule has 0 saturated carbocycles. The SMILES string of the molecule is CC(C)(C)[S@+]([O-])/N=C\c1nc(Br)c2c(c1Br)CCC2. The van der Waals surface area contributed by atoms with Gasteiger partial charge in [0.15, 0.2) is 0 Å². The molecule has 104 valence electrons. The van der Waals surface area contributed by atoms with E-state index in [1.165, 1.54) is 11.1 Å². The maximum Gasteiger partial charge on any atom is 0.144 e. The van der Waals surface area contributed by atoms with E-state index in [2.05, 4.69) is 41.2 Å². The van der Waals surface area contributed by atoms with E-state index < -0.39 is 11.4 Å². The average Bonchev–Trinajstić information content (AvgIpc) is 2.80. The Bertz CT molecular complexity index is 526. The van der Waals surface area contributed by atoms with Crippen molar-refractivity contribution in [2.24, 2.45) is 4.40 Å². The number of nitrogens with zero attached hydrogens (tertiary/aromatic N) is 2. The van der Waals surface area contributed by atoms with Crippen LogP contribution in [0.1, 0.15) is 44.0 Å². The lowest BCUT2D eigenvalue weighted by molar-refractivity contribution is 0.562. The van der Waals surface area contributed by atoms with Crippen molar-refractivity contribution < 1.29 is 4.55 Å². The fourth-order valence-corrected chi connectivity index (χ4v) is 3.70. The van der Waals surface area contributed by atoms with Crippen molar-refractivity contribution in [3.63, 3.8) is 0 Å². The van der Waals surface area contributed by atoms with E-state index in [1.54, 1.807) is 6.21 Å². The summed E-state index contributed by atoms with van der Waals surface area (Å²) in [4.78, 5) is 4.48. The van der Waals surface area contributed by atoms with Gasteiger partial charge >= 0.3 is 0 Å². The number of aromatic nitrogens is 1. The van der Waals surface area contributed by atoms with Crippen molar-refractivity contribution in [3.8, 4) is 0 Å². The Balaban J connectivity index is 2.32. The Morgan fingerprint density at radius 2 is 1.89 bits per heavy atom. The predicted octanol–water partition coefficient (Wildman–Crippen LogP) is 3.98. The molecule has 1 aliphatic carbocycles. The van der Waals surface area contributed by atoms with Crippen LogP contribution in [0.3, 0.4) is 0 Å². The summed E-state index contributed by atoms with van der Waals surface area (Å²) in [7, 11) is 0. The molecule has 0 N–H and O–H groups in total. The molecule has 1 heterocycles. The molecule has 0 aromatic carbocycles. The van der Waals surface area contributed by atoms with Gasteiger partial charge in [0, 0.05) is 4.47 Å². The fourth-order valence-electron chi connectivity index (χ4n) is 1.93. The third-order valence-corrected chi connectivity index (χ3v) is 5.86. The molecular weight excluding hydrogens is 392 g/mol. The summed E-state index contributed by atoms with van der Waals surface area (Å²) in [5.41, 5.74) is 3.32. The Hall–Kier alpha value is 0.0900. The number of rotatable bonds is 2. The molecule has 19 heavy (non-hydrogen) atoms. The number of hydrogen-bond donors (Lipinski definition) is 0. The van der Waals surface area contributed by atoms with E-state index in [9.17, 15) is 4.55 Å². The monoisotopic (exact) mass is 406 g/mol. The van der Waals surface area contributed by atoms with E-state index in [-0.39, 0.29) is 4.75 Å². The van der Waals surface area contributed by atoms with Crippen molar-refractivity contribution in [2.75, 3.05) is 0 Å². The van der Waals surface area contributed by atoms with Gasteiger partial charge < -0.3 is 4.55 Å². The van der Waals surface area contributed by atoms with Crippen LogP contribution in [0.4, 0.5) is 0 Å². The molecule has 3 nitrogen and oxygen atoms in total. The summed E-state index contributed by atoms with van der Waals surface area (Å²) in [6, 6.07) is 0. The Morgan fingerprint density at radius 1 is 1.26 bits per heavy atom. The molecule has 0 bridgehead atoms. The van der Waals surface area contributed by atoms with Crippen molar-refractivity contribution in [1.29, 1.82) is 0 Å². The summed E-state index contributed by atoms with van der Waals surface area (Å²) in [5.74, 6) is 0. The van der Waals surface area contributed by atoms with Crippen LogP contribution >= 0.6 is 31.9 Å². The molecule has 1 aromatic rings. The summed E-state index contributed by atoms with van der Waals surface area (Å²) in [6.45, 7) is 5.71. The van der Waals surface area contributed by atoms with E-state index in [0.717, 1.165) is 34.0 Å². The zero-order valence-electron chi connectivity index (χ0n) is 11.2. The van der Waals surface area contributed by atoms with Gasteiger partial charge in [-0.25, -0.2) is 4.98 Å². The molecule has 0 fully saturated rings. The first-order valence-corrected chi connectivity index (χ1v) is 8.83. The highest BCUT2D eigenvalue weighted by Crippen LogP contribution is 2.34. The third-order valence-electron chi connectivity index (χ3n) is 2.97. The van der Waals surface area contributed by atoms with Gasteiger partial charge in [-0.1, -0.05) is 4.40 Å². The summed E-state index contributed by atoms with van der Waals surface area (Å²) < 4.78 is 17.6. The van der Waals surface area contributed by atoms with Crippen molar-refractivity contribution in [3.05, 3.63) is 25.9 Å². The standard InChI is InChI=1S/C13H16Br2N2OS/c1-13(2,3)19(18)16-7-10-11(14)8-5-4-6-9(8)12(15)17-10/h7H,4-6H2,1-3H3/b16-7-/t19-/m0/s1. The first-order valence-electron chi connectivity index (χ1n) is 6.13. The summed E-state index contributed by atoms with van der Waals surface area (Å²) in [6.07, 6.45) is 4.88. The minimum Gasteiger partial charge on any atom is -0.591 e. The second-order valence-electron chi connectivity index (χ2n) is 5.51. The van der Waals surface area contributed by atoms with Gasteiger partial charge in [0.25, 0.3) is 0 Å². The quantitative estimate of drug-likeness (QED) is 0.423. The van der Waals surface area contributed by atoms with Gasteiger partial charge in [-0.3, -0.25) is 0 Å². The zero-order chi connectivity index (χ0) is 14.2. The van der Waals surface area contributed by atoms with Crippen LogP contribution in [0.25, 0.3) is 0 Å². The topological polar surface area (TPSA) is 48.3 Å².